The molecule has 0 bridgehead atoms. The third kappa shape index (κ3) is 3.87. The summed E-state index contributed by atoms with van der Waals surface area (Å²) in [6.07, 6.45) is 6.91. The number of H-pyrrole nitrogens is 1. The normalized spacial score (nSPS) is 16.6. The molecule has 0 saturated carbocycles. The lowest BCUT2D eigenvalue weighted by Gasteiger charge is -2.25. The summed E-state index contributed by atoms with van der Waals surface area (Å²) in [7, 11) is 0. The summed E-state index contributed by atoms with van der Waals surface area (Å²) in [4.78, 5) is 11.9. The minimum Gasteiger partial charge on any atom is -0.493 e. The van der Waals surface area contributed by atoms with Crippen LogP contribution in [0.4, 0.5) is 0 Å². The van der Waals surface area contributed by atoms with Crippen LogP contribution in [-0.2, 0) is 17.6 Å². The van der Waals surface area contributed by atoms with Crippen LogP contribution in [0, 0.1) is 5.92 Å². The van der Waals surface area contributed by atoms with E-state index < -0.39 is 0 Å². The zero-order valence-corrected chi connectivity index (χ0v) is 12.5. The minimum atomic E-state index is 0.113. The molecule has 1 aliphatic rings. The molecular formula is C17H21N3O2. The predicted octanol–water partition coefficient (Wildman–Crippen LogP) is 2.10. The van der Waals surface area contributed by atoms with Crippen molar-refractivity contribution in [1.82, 2.24) is 15.5 Å². The summed E-state index contributed by atoms with van der Waals surface area (Å²) in [5.74, 6) is 1.44. The number of rotatable bonds is 6. The molecule has 0 radical (unpaired) electrons. The summed E-state index contributed by atoms with van der Waals surface area (Å²) in [5.41, 5.74) is 2.37. The maximum absolute atomic E-state index is 11.9. The van der Waals surface area contributed by atoms with Crippen LogP contribution in [0.15, 0.2) is 36.7 Å². The first-order valence-corrected chi connectivity index (χ1v) is 7.76. The van der Waals surface area contributed by atoms with Crippen molar-refractivity contribution in [3.63, 3.8) is 0 Å². The van der Waals surface area contributed by atoms with Crippen LogP contribution in [0.25, 0.3) is 0 Å². The highest BCUT2D eigenvalue weighted by atomic mass is 16.5. The Morgan fingerprint density at radius 3 is 3.18 bits per heavy atom. The van der Waals surface area contributed by atoms with E-state index in [1.165, 1.54) is 5.56 Å². The zero-order chi connectivity index (χ0) is 15.2. The number of fused-ring (bicyclic) bond motifs is 1. The SMILES string of the molecule is O=C(CCCc1cn[nH]c1)NCC1COc2ccccc2C1. The monoisotopic (exact) mass is 299 g/mol. The Morgan fingerprint density at radius 2 is 2.32 bits per heavy atom. The molecule has 0 saturated heterocycles. The van der Waals surface area contributed by atoms with Gasteiger partial charge in [0.05, 0.1) is 12.8 Å². The quantitative estimate of drug-likeness (QED) is 0.858. The van der Waals surface area contributed by atoms with E-state index in [0.29, 0.717) is 25.5 Å². The van der Waals surface area contributed by atoms with Gasteiger partial charge < -0.3 is 10.1 Å². The van der Waals surface area contributed by atoms with Gasteiger partial charge in [0.2, 0.25) is 5.91 Å². The molecule has 1 atom stereocenters. The number of aryl methyl sites for hydroxylation is 1. The molecule has 0 aliphatic carbocycles. The number of hydrogen-bond donors (Lipinski definition) is 2. The Morgan fingerprint density at radius 1 is 1.41 bits per heavy atom. The fraction of sp³-hybridized carbons (Fsp3) is 0.412. The van der Waals surface area contributed by atoms with Crippen molar-refractivity contribution in [2.75, 3.05) is 13.2 Å². The van der Waals surface area contributed by atoms with E-state index >= 15 is 0 Å². The second-order valence-electron chi connectivity index (χ2n) is 5.75. The smallest absolute Gasteiger partial charge is 0.220 e. The molecule has 1 aliphatic heterocycles. The second-order valence-corrected chi connectivity index (χ2v) is 5.75. The summed E-state index contributed by atoms with van der Waals surface area (Å²) >= 11 is 0. The highest BCUT2D eigenvalue weighted by Crippen LogP contribution is 2.26. The molecule has 5 nitrogen and oxygen atoms in total. The first-order valence-electron chi connectivity index (χ1n) is 7.76. The number of para-hydroxylation sites is 1. The molecule has 2 N–H and O–H groups in total. The maximum atomic E-state index is 11.9. The second kappa shape index (κ2) is 7.11. The summed E-state index contributed by atoms with van der Waals surface area (Å²) in [5, 5.41) is 9.70. The molecular weight excluding hydrogens is 278 g/mol. The van der Waals surface area contributed by atoms with E-state index in [4.69, 9.17) is 4.74 Å². The fourth-order valence-electron chi connectivity index (χ4n) is 2.74. The van der Waals surface area contributed by atoms with Crippen molar-refractivity contribution in [1.29, 1.82) is 0 Å². The number of carbonyl (C=O) groups is 1. The number of benzene rings is 1. The van der Waals surface area contributed by atoms with E-state index in [1.807, 2.05) is 24.4 Å². The van der Waals surface area contributed by atoms with Gasteiger partial charge in [-0.15, -0.1) is 0 Å². The summed E-state index contributed by atoms with van der Waals surface area (Å²) in [6.45, 7) is 1.35. The average Bonchev–Trinajstić information content (AvgIpc) is 3.06. The molecule has 22 heavy (non-hydrogen) atoms. The van der Waals surface area contributed by atoms with Crippen LogP contribution in [0.2, 0.25) is 0 Å². The molecule has 116 valence electrons. The first-order chi connectivity index (χ1) is 10.8. The van der Waals surface area contributed by atoms with Gasteiger partial charge in [-0.2, -0.15) is 5.10 Å². The molecule has 0 fully saturated rings. The number of nitrogens with one attached hydrogen (secondary N) is 2. The highest BCUT2D eigenvalue weighted by Gasteiger charge is 2.19. The number of amides is 1. The van der Waals surface area contributed by atoms with Crippen LogP contribution in [0.5, 0.6) is 5.75 Å². The Kier molecular flexibility index (Phi) is 4.73. The standard InChI is InChI=1S/C17H21N3O2/c21-17(7-3-4-13-10-19-20-11-13)18-9-14-8-15-5-1-2-6-16(15)22-12-14/h1-2,5-6,10-11,14H,3-4,7-9,12H2,(H,18,21)(H,19,20). The molecule has 1 aromatic heterocycles. The van der Waals surface area contributed by atoms with Crippen molar-refractivity contribution in [2.45, 2.75) is 25.7 Å². The number of carbonyl (C=O) groups excluding carboxylic acids is 1. The highest BCUT2D eigenvalue weighted by molar-refractivity contribution is 5.75. The summed E-state index contributed by atoms with van der Waals surface area (Å²) in [6, 6.07) is 8.11. The maximum Gasteiger partial charge on any atom is 0.220 e. The number of aromatic nitrogens is 2. The molecule has 5 heteroatoms. The lowest BCUT2D eigenvalue weighted by atomic mass is 9.97. The molecule has 1 aromatic carbocycles. The van der Waals surface area contributed by atoms with E-state index in [2.05, 4.69) is 21.6 Å². The van der Waals surface area contributed by atoms with Crippen LogP contribution >= 0.6 is 0 Å². The first kappa shape index (κ1) is 14.6. The average molecular weight is 299 g/mol. The number of nitrogens with zero attached hydrogens (tertiary/aromatic N) is 1. The topological polar surface area (TPSA) is 67.0 Å². The van der Waals surface area contributed by atoms with Crippen LogP contribution < -0.4 is 10.1 Å². The van der Waals surface area contributed by atoms with Crippen LogP contribution in [0.1, 0.15) is 24.0 Å². The van der Waals surface area contributed by atoms with Crippen molar-refractivity contribution in [3.8, 4) is 5.75 Å². The zero-order valence-electron chi connectivity index (χ0n) is 12.5. The molecule has 2 heterocycles. The number of hydrogen-bond acceptors (Lipinski definition) is 3. The van der Waals surface area contributed by atoms with Gasteiger partial charge in [0.25, 0.3) is 0 Å². The van der Waals surface area contributed by atoms with Crippen molar-refractivity contribution in [3.05, 3.63) is 47.8 Å². The Balaban J connectivity index is 1.37. The van der Waals surface area contributed by atoms with Crippen molar-refractivity contribution < 1.29 is 9.53 Å². The van der Waals surface area contributed by atoms with E-state index in [9.17, 15) is 4.79 Å². The third-order valence-corrected chi connectivity index (χ3v) is 3.97. The molecule has 1 amide bonds. The van der Waals surface area contributed by atoms with Gasteiger partial charge in [0.1, 0.15) is 5.75 Å². The van der Waals surface area contributed by atoms with Gasteiger partial charge in [-0.05, 0) is 36.5 Å². The Hall–Kier alpha value is -2.30. The molecule has 0 spiro atoms. The molecule has 1 unspecified atom stereocenters. The van der Waals surface area contributed by atoms with Crippen LogP contribution in [0.3, 0.4) is 0 Å². The fourth-order valence-corrected chi connectivity index (χ4v) is 2.74. The lowest BCUT2D eigenvalue weighted by Crippen LogP contribution is -2.34. The Labute approximate surface area is 130 Å². The van der Waals surface area contributed by atoms with Crippen LogP contribution in [-0.4, -0.2) is 29.3 Å². The summed E-state index contributed by atoms with van der Waals surface area (Å²) < 4.78 is 5.74. The van der Waals surface area contributed by atoms with Gasteiger partial charge in [-0.25, -0.2) is 0 Å². The largest absolute Gasteiger partial charge is 0.493 e. The number of ether oxygens (including phenoxy) is 1. The number of aromatic amines is 1. The van der Waals surface area contributed by atoms with E-state index in [-0.39, 0.29) is 5.91 Å². The minimum absolute atomic E-state index is 0.113. The molecule has 3 rings (SSSR count). The van der Waals surface area contributed by atoms with Gasteiger partial charge in [-0.3, -0.25) is 9.89 Å². The van der Waals surface area contributed by atoms with Gasteiger partial charge in [0, 0.05) is 25.1 Å². The third-order valence-electron chi connectivity index (χ3n) is 3.97. The lowest BCUT2D eigenvalue weighted by molar-refractivity contribution is -0.121. The van der Waals surface area contributed by atoms with E-state index in [1.54, 1.807) is 6.20 Å². The van der Waals surface area contributed by atoms with Gasteiger partial charge in [0.15, 0.2) is 0 Å². The van der Waals surface area contributed by atoms with Crippen molar-refractivity contribution >= 4 is 5.91 Å². The van der Waals surface area contributed by atoms with Gasteiger partial charge in [-0.1, -0.05) is 18.2 Å². The molecule has 2 aromatic rings. The van der Waals surface area contributed by atoms with Gasteiger partial charge >= 0.3 is 0 Å². The van der Waals surface area contributed by atoms with Crippen molar-refractivity contribution in [2.24, 2.45) is 5.92 Å². The van der Waals surface area contributed by atoms with E-state index in [0.717, 1.165) is 30.6 Å². The Bertz CT molecular complexity index is 610. The predicted molar refractivity (Wildman–Crippen MR) is 83.7 cm³/mol.